The van der Waals surface area contributed by atoms with E-state index in [4.69, 9.17) is 0 Å². The second-order valence-electron chi connectivity index (χ2n) is 5.70. The van der Waals surface area contributed by atoms with E-state index in [9.17, 15) is 4.79 Å². The van der Waals surface area contributed by atoms with Gasteiger partial charge in [0.25, 0.3) is 0 Å². The fourth-order valence-corrected chi connectivity index (χ4v) is 2.93. The third-order valence-electron chi connectivity index (χ3n) is 4.09. The van der Waals surface area contributed by atoms with Crippen molar-refractivity contribution in [2.24, 2.45) is 0 Å². The van der Waals surface area contributed by atoms with Crippen LogP contribution in [0, 0.1) is 0 Å². The second-order valence-corrected chi connectivity index (χ2v) is 5.70. The lowest BCUT2D eigenvalue weighted by Crippen LogP contribution is -2.24. The third kappa shape index (κ3) is 2.84. The Bertz CT molecular complexity index is 799. The van der Waals surface area contributed by atoms with Crippen LogP contribution in [-0.4, -0.2) is 9.13 Å². The van der Waals surface area contributed by atoms with Crippen LogP contribution >= 0.6 is 0 Å². The summed E-state index contributed by atoms with van der Waals surface area (Å²) in [6, 6.07) is 18.2. The summed E-state index contributed by atoms with van der Waals surface area (Å²) >= 11 is 0. The van der Waals surface area contributed by atoms with E-state index in [-0.39, 0.29) is 5.69 Å². The number of imidazole rings is 1. The Morgan fingerprint density at radius 2 is 1.45 bits per heavy atom. The Kier molecular flexibility index (Phi) is 4.42. The number of benzene rings is 2. The molecule has 0 unspecified atom stereocenters. The van der Waals surface area contributed by atoms with Gasteiger partial charge in [-0.1, -0.05) is 62.2 Å². The van der Waals surface area contributed by atoms with Gasteiger partial charge in [-0.15, -0.1) is 0 Å². The van der Waals surface area contributed by atoms with Crippen molar-refractivity contribution in [1.82, 2.24) is 9.13 Å². The van der Waals surface area contributed by atoms with Crippen LogP contribution in [0.25, 0.3) is 11.0 Å². The molecule has 0 aliphatic rings. The minimum atomic E-state index is 0.0983. The zero-order chi connectivity index (χ0) is 15.4. The van der Waals surface area contributed by atoms with Gasteiger partial charge in [-0.05, 0) is 24.1 Å². The minimum absolute atomic E-state index is 0.0983. The molecule has 3 aromatic rings. The number of nitrogens with zero attached hydrogens (tertiary/aromatic N) is 2. The summed E-state index contributed by atoms with van der Waals surface area (Å²) in [5.74, 6) is 0. The molecule has 3 heteroatoms. The van der Waals surface area contributed by atoms with Crippen LogP contribution in [0.4, 0.5) is 0 Å². The Morgan fingerprint density at radius 1 is 0.818 bits per heavy atom. The molecule has 0 bridgehead atoms. The van der Waals surface area contributed by atoms with Gasteiger partial charge >= 0.3 is 5.69 Å². The van der Waals surface area contributed by atoms with E-state index in [0.29, 0.717) is 6.54 Å². The maximum atomic E-state index is 12.8. The number of rotatable bonds is 6. The Hall–Kier alpha value is -2.29. The van der Waals surface area contributed by atoms with Crippen molar-refractivity contribution in [3.8, 4) is 0 Å². The highest BCUT2D eigenvalue weighted by Crippen LogP contribution is 2.15. The van der Waals surface area contributed by atoms with Crippen LogP contribution in [0.3, 0.4) is 0 Å². The highest BCUT2D eigenvalue weighted by molar-refractivity contribution is 5.76. The molecule has 0 spiro atoms. The average molecular weight is 294 g/mol. The maximum absolute atomic E-state index is 12.8. The van der Waals surface area contributed by atoms with Gasteiger partial charge in [0.1, 0.15) is 0 Å². The fourth-order valence-electron chi connectivity index (χ4n) is 2.93. The molecule has 3 rings (SSSR count). The van der Waals surface area contributed by atoms with Gasteiger partial charge < -0.3 is 0 Å². The smallest absolute Gasteiger partial charge is 0.292 e. The Labute approximate surface area is 130 Å². The van der Waals surface area contributed by atoms with Crippen LogP contribution in [-0.2, 0) is 13.1 Å². The number of unbranched alkanes of at least 4 members (excludes halogenated alkanes) is 2. The molecule has 1 heterocycles. The molecular weight excluding hydrogens is 272 g/mol. The second kappa shape index (κ2) is 6.65. The van der Waals surface area contributed by atoms with Crippen molar-refractivity contribution in [1.29, 1.82) is 0 Å². The molecule has 0 aliphatic heterocycles. The summed E-state index contributed by atoms with van der Waals surface area (Å²) in [6.07, 6.45) is 3.37. The predicted molar refractivity (Wildman–Crippen MR) is 91.3 cm³/mol. The fraction of sp³-hybridized carbons (Fsp3) is 0.316. The molecule has 0 N–H and O–H groups in total. The predicted octanol–water partition coefficient (Wildman–Crippen LogP) is 4.04. The lowest BCUT2D eigenvalue weighted by molar-refractivity contribution is 0.584. The summed E-state index contributed by atoms with van der Waals surface area (Å²) in [5.41, 5.74) is 3.31. The molecule has 114 valence electrons. The van der Waals surface area contributed by atoms with Crippen molar-refractivity contribution in [2.45, 2.75) is 39.3 Å². The largest absolute Gasteiger partial charge is 0.329 e. The summed E-state index contributed by atoms with van der Waals surface area (Å²) in [5, 5.41) is 0. The van der Waals surface area contributed by atoms with Gasteiger partial charge in [0.15, 0.2) is 0 Å². The first-order chi connectivity index (χ1) is 10.8. The Morgan fingerprint density at radius 3 is 2.14 bits per heavy atom. The Balaban J connectivity index is 2.02. The van der Waals surface area contributed by atoms with Gasteiger partial charge in [0, 0.05) is 6.54 Å². The van der Waals surface area contributed by atoms with Crippen LogP contribution in [0.2, 0.25) is 0 Å². The molecule has 3 nitrogen and oxygen atoms in total. The maximum Gasteiger partial charge on any atom is 0.329 e. The van der Waals surface area contributed by atoms with E-state index in [1.807, 2.05) is 51.6 Å². The van der Waals surface area contributed by atoms with Gasteiger partial charge in [0.05, 0.1) is 17.6 Å². The molecule has 0 amide bonds. The molecule has 0 aliphatic carbocycles. The first-order valence-corrected chi connectivity index (χ1v) is 8.03. The van der Waals surface area contributed by atoms with Gasteiger partial charge in [-0.2, -0.15) is 0 Å². The molecule has 0 radical (unpaired) electrons. The topological polar surface area (TPSA) is 26.9 Å². The van der Waals surface area contributed by atoms with Crippen molar-refractivity contribution in [2.75, 3.05) is 0 Å². The van der Waals surface area contributed by atoms with Gasteiger partial charge in [0.2, 0.25) is 0 Å². The molecule has 0 atom stereocenters. The third-order valence-corrected chi connectivity index (χ3v) is 4.09. The minimum Gasteiger partial charge on any atom is -0.292 e. The number of para-hydroxylation sites is 2. The van der Waals surface area contributed by atoms with E-state index in [0.717, 1.165) is 42.4 Å². The molecule has 1 aromatic heterocycles. The summed E-state index contributed by atoms with van der Waals surface area (Å²) in [4.78, 5) is 12.8. The molecular formula is C19H22N2O. The van der Waals surface area contributed by atoms with E-state index < -0.39 is 0 Å². The van der Waals surface area contributed by atoms with Crippen molar-refractivity contribution in [3.05, 3.63) is 70.6 Å². The van der Waals surface area contributed by atoms with Crippen LogP contribution < -0.4 is 5.69 Å². The zero-order valence-corrected chi connectivity index (χ0v) is 13.0. The van der Waals surface area contributed by atoms with E-state index >= 15 is 0 Å². The van der Waals surface area contributed by atoms with E-state index in [1.165, 1.54) is 0 Å². The highest BCUT2D eigenvalue weighted by Gasteiger charge is 2.12. The standard InChI is InChI=1S/C19H22N2O/c1-2-3-9-14-20-17-12-7-8-13-18(17)21(19(20)22)15-16-10-5-4-6-11-16/h4-8,10-13H,2-3,9,14-15H2,1H3. The van der Waals surface area contributed by atoms with E-state index in [2.05, 4.69) is 19.1 Å². The first kappa shape index (κ1) is 14.6. The lowest BCUT2D eigenvalue weighted by Gasteiger charge is -2.03. The van der Waals surface area contributed by atoms with Crippen LogP contribution in [0.1, 0.15) is 31.7 Å². The van der Waals surface area contributed by atoms with E-state index in [1.54, 1.807) is 0 Å². The monoisotopic (exact) mass is 294 g/mol. The first-order valence-electron chi connectivity index (χ1n) is 8.03. The normalized spacial score (nSPS) is 11.1. The summed E-state index contributed by atoms with van der Waals surface area (Å²) in [6.45, 7) is 3.61. The highest BCUT2D eigenvalue weighted by atomic mass is 16.1. The van der Waals surface area contributed by atoms with Crippen molar-refractivity contribution in [3.63, 3.8) is 0 Å². The molecule has 2 aromatic carbocycles. The lowest BCUT2D eigenvalue weighted by atomic mass is 10.2. The molecule has 0 saturated carbocycles. The van der Waals surface area contributed by atoms with Crippen molar-refractivity contribution >= 4 is 11.0 Å². The number of fused-ring (bicyclic) bond motifs is 1. The van der Waals surface area contributed by atoms with Gasteiger partial charge in [-0.25, -0.2) is 4.79 Å². The molecule has 0 fully saturated rings. The molecule has 22 heavy (non-hydrogen) atoms. The van der Waals surface area contributed by atoms with Gasteiger partial charge in [-0.3, -0.25) is 9.13 Å². The number of hydrogen-bond acceptors (Lipinski definition) is 1. The zero-order valence-electron chi connectivity index (χ0n) is 13.0. The number of hydrogen-bond donors (Lipinski definition) is 0. The number of aromatic nitrogens is 2. The van der Waals surface area contributed by atoms with Crippen LogP contribution in [0.5, 0.6) is 0 Å². The van der Waals surface area contributed by atoms with Crippen molar-refractivity contribution < 1.29 is 0 Å². The number of aryl methyl sites for hydroxylation is 1. The van der Waals surface area contributed by atoms with Crippen LogP contribution in [0.15, 0.2) is 59.4 Å². The summed E-state index contributed by atoms with van der Waals surface area (Å²) in [7, 11) is 0. The summed E-state index contributed by atoms with van der Waals surface area (Å²) < 4.78 is 3.81. The molecule has 0 saturated heterocycles. The average Bonchev–Trinajstić information content (AvgIpc) is 2.82. The SMILES string of the molecule is CCCCCn1c(=O)n(Cc2ccccc2)c2ccccc21. The quantitative estimate of drug-likeness (QED) is 0.630.